The smallest absolute Gasteiger partial charge is 0.293 e. The number of carbonyl (C=O) groups excluding carboxylic acids is 3. The first-order valence-electron chi connectivity index (χ1n) is 9.22. The molecule has 1 saturated heterocycles. The Morgan fingerprint density at radius 1 is 1.21 bits per heavy atom. The Labute approximate surface area is 173 Å². The van der Waals surface area contributed by atoms with Crippen molar-refractivity contribution >= 4 is 34.9 Å². The predicted molar refractivity (Wildman–Crippen MR) is 109 cm³/mol. The van der Waals surface area contributed by atoms with Crippen molar-refractivity contribution in [2.45, 2.75) is 13.3 Å². The molecule has 1 aromatic rings. The highest BCUT2D eigenvalue weighted by Gasteiger charge is 2.39. The Bertz CT molecular complexity index is 844. The van der Waals surface area contributed by atoms with Gasteiger partial charge in [-0.3, -0.25) is 19.3 Å². The summed E-state index contributed by atoms with van der Waals surface area (Å²) in [7, 11) is 4.52. The molecule has 1 aliphatic carbocycles. The molecule has 0 bridgehead atoms. The van der Waals surface area contributed by atoms with Crippen LogP contribution in [0.5, 0.6) is 17.2 Å². The molecule has 29 heavy (non-hydrogen) atoms. The van der Waals surface area contributed by atoms with Gasteiger partial charge in [-0.15, -0.1) is 0 Å². The van der Waals surface area contributed by atoms with Crippen LogP contribution in [0.1, 0.15) is 18.9 Å². The van der Waals surface area contributed by atoms with Crippen molar-refractivity contribution in [3.63, 3.8) is 0 Å². The number of ether oxygens (including phenoxy) is 3. The average Bonchev–Trinajstić information content (AvgIpc) is 3.39. The molecule has 2 unspecified atom stereocenters. The Kier molecular flexibility index (Phi) is 6.36. The van der Waals surface area contributed by atoms with Gasteiger partial charge < -0.3 is 19.5 Å². The van der Waals surface area contributed by atoms with E-state index in [1.165, 1.54) is 21.3 Å². The van der Waals surface area contributed by atoms with Gasteiger partial charge in [0.1, 0.15) is 0 Å². The predicted octanol–water partition coefficient (Wildman–Crippen LogP) is 2.52. The van der Waals surface area contributed by atoms with Crippen LogP contribution < -0.4 is 19.5 Å². The van der Waals surface area contributed by atoms with Crippen molar-refractivity contribution in [2.75, 3.05) is 34.4 Å². The average molecular weight is 420 g/mol. The fraction of sp³-hybridized carbons (Fsp3) is 0.450. The fourth-order valence-corrected chi connectivity index (χ4v) is 4.00. The first kappa shape index (κ1) is 21.0. The Morgan fingerprint density at radius 3 is 2.34 bits per heavy atom. The molecule has 1 saturated carbocycles. The number of amides is 3. The van der Waals surface area contributed by atoms with E-state index < -0.39 is 0 Å². The van der Waals surface area contributed by atoms with Crippen LogP contribution in [0.3, 0.4) is 0 Å². The summed E-state index contributed by atoms with van der Waals surface area (Å²) in [5, 5.41) is 2.43. The molecule has 1 aliphatic heterocycles. The fourth-order valence-electron chi connectivity index (χ4n) is 3.14. The van der Waals surface area contributed by atoms with Crippen LogP contribution in [0.4, 0.5) is 4.79 Å². The highest BCUT2D eigenvalue weighted by molar-refractivity contribution is 8.18. The maximum absolute atomic E-state index is 12.6. The zero-order chi connectivity index (χ0) is 21.1. The zero-order valence-corrected chi connectivity index (χ0v) is 17.6. The number of rotatable bonds is 8. The third-order valence-corrected chi connectivity index (χ3v) is 5.85. The summed E-state index contributed by atoms with van der Waals surface area (Å²) in [6, 6.07) is 3.40. The SMILES string of the molecule is COc1cc(/C=C2\SC(=O)N(CCNC(=O)C3CC3C)C2=O)cc(OC)c1OC. The lowest BCUT2D eigenvalue weighted by molar-refractivity contribution is -0.125. The van der Waals surface area contributed by atoms with Crippen LogP contribution in [0.2, 0.25) is 0 Å². The van der Waals surface area contributed by atoms with E-state index in [2.05, 4.69) is 5.32 Å². The standard InChI is InChI=1S/C20H24N2O6S/c1-11-7-13(11)18(23)21-5-6-22-19(24)16(29-20(22)25)10-12-8-14(26-2)17(28-4)15(9-12)27-3/h8-11,13H,5-7H2,1-4H3,(H,21,23)/b16-10-. The number of methoxy groups -OCH3 is 3. The third-order valence-electron chi connectivity index (χ3n) is 4.94. The summed E-state index contributed by atoms with van der Waals surface area (Å²) >= 11 is 0.864. The van der Waals surface area contributed by atoms with E-state index in [-0.39, 0.29) is 36.1 Å². The van der Waals surface area contributed by atoms with Crippen LogP contribution >= 0.6 is 11.8 Å². The van der Waals surface area contributed by atoms with E-state index in [1.807, 2.05) is 6.92 Å². The van der Waals surface area contributed by atoms with Gasteiger partial charge in [0.2, 0.25) is 11.7 Å². The molecular formula is C20H24N2O6S. The van der Waals surface area contributed by atoms with Crippen LogP contribution in [0, 0.1) is 11.8 Å². The number of imide groups is 1. The van der Waals surface area contributed by atoms with Gasteiger partial charge in [0.05, 0.1) is 26.2 Å². The van der Waals surface area contributed by atoms with Gasteiger partial charge in [-0.25, -0.2) is 0 Å². The van der Waals surface area contributed by atoms with Crippen molar-refractivity contribution in [2.24, 2.45) is 11.8 Å². The Morgan fingerprint density at radius 2 is 1.83 bits per heavy atom. The number of hydrogen-bond acceptors (Lipinski definition) is 7. The van der Waals surface area contributed by atoms with Crippen molar-refractivity contribution < 1.29 is 28.6 Å². The molecule has 1 aromatic carbocycles. The maximum Gasteiger partial charge on any atom is 0.293 e. The Hall–Kier alpha value is -2.68. The lowest BCUT2D eigenvalue weighted by Crippen LogP contribution is -2.37. The molecule has 3 amide bonds. The van der Waals surface area contributed by atoms with Crippen LogP contribution in [0.25, 0.3) is 6.08 Å². The second kappa shape index (κ2) is 8.77. The summed E-state index contributed by atoms with van der Waals surface area (Å²) in [6.07, 6.45) is 2.50. The molecule has 2 aliphatic rings. The zero-order valence-electron chi connectivity index (χ0n) is 16.8. The maximum atomic E-state index is 12.6. The van der Waals surface area contributed by atoms with Crippen LogP contribution in [0.15, 0.2) is 17.0 Å². The van der Waals surface area contributed by atoms with Crippen molar-refractivity contribution in [3.8, 4) is 17.2 Å². The normalized spacial score (nSPS) is 22.1. The topological polar surface area (TPSA) is 94.2 Å². The van der Waals surface area contributed by atoms with Gasteiger partial charge in [-0.2, -0.15) is 0 Å². The molecule has 156 valence electrons. The first-order chi connectivity index (χ1) is 13.9. The molecule has 1 heterocycles. The first-order valence-corrected chi connectivity index (χ1v) is 10.0. The van der Waals surface area contributed by atoms with Gasteiger partial charge in [0.25, 0.3) is 11.1 Å². The minimum atomic E-state index is -0.386. The van der Waals surface area contributed by atoms with Gasteiger partial charge >= 0.3 is 0 Å². The summed E-state index contributed by atoms with van der Waals surface area (Å²) in [4.78, 5) is 38.2. The molecule has 0 spiro atoms. The molecule has 1 N–H and O–H groups in total. The summed E-state index contributed by atoms with van der Waals surface area (Å²) in [6.45, 7) is 2.41. The molecule has 2 atom stereocenters. The molecule has 0 aromatic heterocycles. The molecule has 8 nitrogen and oxygen atoms in total. The van der Waals surface area contributed by atoms with Crippen molar-refractivity contribution in [3.05, 3.63) is 22.6 Å². The number of benzene rings is 1. The third kappa shape index (κ3) is 4.50. The van der Waals surface area contributed by atoms with Crippen molar-refractivity contribution in [1.29, 1.82) is 0 Å². The molecule has 0 radical (unpaired) electrons. The minimum absolute atomic E-state index is 0.0163. The van der Waals surface area contributed by atoms with Gasteiger partial charge in [-0.05, 0) is 47.9 Å². The van der Waals surface area contributed by atoms with Gasteiger partial charge in [0.15, 0.2) is 11.5 Å². The highest BCUT2D eigenvalue weighted by Crippen LogP contribution is 2.40. The summed E-state index contributed by atoms with van der Waals surface area (Å²) in [5.41, 5.74) is 0.640. The van der Waals surface area contributed by atoms with Crippen LogP contribution in [-0.4, -0.2) is 56.4 Å². The van der Waals surface area contributed by atoms with Gasteiger partial charge in [0, 0.05) is 19.0 Å². The lowest BCUT2D eigenvalue weighted by Gasteiger charge is -2.13. The Balaban J connectivity index is 1.70. The quantitative estimate of drug-likeness (QED) is 0.646. The second-order valence-corrected chi connectivity index (χ2v) is 7.90. The highest BCUT2D eigenvalue weighted by atomic mass is 32.2. The van der Waals surface area contributed by atoms with E-state index in [4.69, 9.17) is 14.2 Å². The number of thioether (sulfide) groups is 1. The largest absolute Gasteiger partial charge is 0.493 e. The second-order valence-electron chi connectivity index (χ2n) is 6.90. The van der Waals surface area contributed by atoms with E-state index in [1.54, 1.807) is 18.2 Å². The van der Waals surface area contributed by atoms with Crippen LogP contribution in [-0.2, 0) is 9.59 Å². The molecule has 3 rings (SSSR count). The van der Waals surface area contributed by atoms with E-state index in [9.17, 15) is 14.4 Å². The van der Waals surface area contributed by atoms with Gasteiger partial charge in [-0.1, -0.05) is 6.92 Å². The monoisotopic (exact) mass is 420 g/mol. The number of carbonyl (C=O) groups is 3. The molecule has 2 fully saturated rings. The lowest BCUT2D eigenvalue weighted by atomic mass is 10.1. The molecule has 9 heteroatoms. The minimum Gasteiger partial charge on any atom is -0.493 e. The summed E-state index contributed by atoms with van der Waals surface area (Å²) in [5.74, 6) is 1.42. The van der Waals surface area contributed by atoms with E-state index >= 15 is 0 Å². The van der Waals surface area contributed by atoms with E-state index in [0.29, 0.717) is 33.6 Å². The number of nitrogens with zero attached hydrogens (tertiary/aromatic N) is 1. The number of nitrogens with one attached hydrogen (secondary N) is 1. The van der Waals surface area contributed by atoms with Crippen molar-refractivity contribution in [1.82, 2.24) is 10.2 Å². The molecular weight excluding hydrogens is 396 g/mol. The number of hydrogen-bond donors (Lipinski definition) is 1. The summed E-state index contributed by atoms with van der Waals surface area (Å²) < 4.78 is 15.9. The van der Waals surface area contributed by atoms with E-state index in [0.717, 1.165) is 23.1 Å².